The Kier molecular flexibility index (Phi) is 12.5. The van der Waals surface area contributed by atoms with Gasteiger partial charge in [0.05, 0.1) is 37.1 Å². The number of hydrogen-bond acceptors (Lipinski definition) is 12. The number of carbonyl (C=O) groups is 1. The summed E-state index contributed by atoms with van der Waals surface area (Å²) in [5, 5.41) is 36.7. The number of aliphatic hydroxyl groups excluding tert-OH is 1. The molecule has 4 saturated heterocycles. The second-order valence-electron chi connectivity index (χ2n) is 17.4. The van der Waals surface area contributed by atoms with Crippen LogP contribution in [0.15, 0.2) is 52.3 Å². The van der Waals surface area contributed by atoms with Gasteiger partial charge >= 0.3 is 5.97 Å². The number of nitrogens with zero attached hydrogens (tertiary/aromatic N) is 1. The van der Waals surface area contributed by atoms with Crippen molar-refractivity contribution in [2.75, 3.05) is 13.7 Å². The molecule has 0 aromatic heterocycles. The summed E-state index contributed by atoms with van der Waals surface area (Å²) >= 11 is 0. The van der Waals surface area contributed by atoms with E-state index in [1.54, 1.807) is 26.2 Å². The molecule has 0 unspecified atom stereocenters. The zero-order valence-corrected chi connectivity index (χ0v) is 33.4. The fraction of sp³-hybridized carbons (Fsp3) is 0.767. The summed E-state index contributed by atoms with van der Waals surface area (Å²) < 4.78 is 45.1. The lowest BCUT2D eigenvalue weighted by atomic mass is 9.71. The van der Waals surface area contributed by atoms with Gasteiger partial charge in [0, 0.05) is 38.7 Å². The molecule has 7 aliphatic rings. The van der Waals surface area contributed by atoms with Crippen molar-refractivity contribution in [3.63, 3.8) is 0 Å². The summed E-state index contributed by atoms with van der Waals surface area (Å²) in [5.41, 5.74) is 0.362. The summed E-state index contributed by atoms with van der Waals surface area (Å²) in [5.74, 6) is -1.83. The number of rotatable bonds is 4. The first-order valence-corrected chi connectivity index (χ1v) is 20.7. The Bertz CT molecular complexity index is 1550. The molecule has 55 heavy (non-hydrogen) atoms. The lowest BCUT2D eigenvalue weighted by molar-refractivity contribution is -0.342. The first kappa shape index (κ1) is 40.8. The number of esters is 1. The third-order valence-corrected chi connectivity index (χ3v) is 13.6. The maximum Gasteiger partial charge on any atom is 0.316 e. The zero-order valence-electron chi connectivity index (χ0n) is 33.4. The number of hydrogen-bond donors (Lipinski definition) is 3. The summed E-state index contributed by atoms with van der Waals surface area (Å²) in [7, 11) is 1.59. The van der Waals surface area contributed by atoms with Gasteiger partial charge in [-0.05, 0) is 75.0 Å². The van der Waals surface area contributed by atoms with Gasteiger partial charge in [0.1, 0.15) is 35.5 Å². The van der Waals surface area contributed by atoms with Crippen molar-refractivity contribution in [2.24, 2.45) is 28.8 Å². The lowest BCUT2D eigenvalue weighted by Crippen LogP contribution is -2.57. The van der Waals surface area contributed by atoms with Crippen LogP contribution in [0.2, 0.25) is 0 Å². The van der Waals surface area contributed by atoms with Gasteiger partial charge in [0.25, 0.3) is 0 Å². The highest BCUT2D eigenvalue weighted by Gasteiger charge is 2.60. The van der Waals surface area contributed by atoms with Crippen LogP contribution < -0.4 is 0 Å². The number of methoxy groups -OCH3 is 1. The van der Waals surface area contributed by atoms with Crippen molar-refractivity contribution in [2.45, 2.75) is 172 Å². The van der Waals surface area contributed by atoms with Crippen molar-refractivity contribution in [3.05, 3.63) is 47.1 Å². The Morgan fingerprint density at radius 1 is 1.02 bits per heavy atom. The largest absolute Gasteiger partial charge is 0.462 e. The Morgan fingerprint density at radius 2 is 1.80 bits per heavy atom. The quantitative estimate of drug-likeness (QED) is 0.132. The van der Waals surface area contributed by atoms with Crippen molar-refractivity contribution in [1.29, 1.82) is 0 Å². The van der Waals surface area contributed by atoms with Gasteiger partial charge in [0.2, 0.25) is 0 Å². The standard InChI is InChI=1S/C43H63NO11/c1-24-11-10-14-30-23-50-40-36(44-48)27(4)19-33(43(30,40)47)41(46)52-32-20-31(16-15-25(2)38(24)53-35-21-34(49-6)37(45)28(5)51-35)54-42(22-32)18-17-26(3)39(55-42)29-12-8-7-9-13-29/h10-11,14-15,19,24,26,28-29,31-35,37-40,45,47-48H,7-9,12-13,16-18,20-23H2,1-6H3/b11-10?,25-15+,30-14?,44-36+/t24-,26-,28-,31+,32-,33-,34-,35-,37-,38-,39-,40+,42+,43+/m0/s1. The molecule has 306 valence electrons. The van der Waals surface area contributed by atoms with Gasteiger partial charge in [-0.25, -0.2) is 0 Å². The molecule has 2 bridgehead atoms. The fourth-order valence-electron chi connectivity index (χ4n) is 10.4. The Balaban J connectivity index is 1.25. The van der Waals surface area contributed by atoms with Gasteiger partial charge in [0.15, 0.2) is 12.1 Å². The maximum atomic E-state index is 14.4. The van der Waals surface area contributed by atoms with Crippen LogP contribution in [0.25, 0.3) is 0 Å². The lowest BCUT2D eigenvalue weighted by Gasteiger charge is -2.51. The first-order valence-electron chi connectivity index (χ1n) is 20.7. The molecule has 1 spiro atoms. The van der Waals surface area contributed by atoms with E-state index in [0.29, 0.717) is 55.1 Å². The van der Waals surface area contributed by atoms with Gasteiger partial charge in [-0.1, -0.05) is 68.6 Å². The van der Waals surface area contributed by atoms with Crippen LogP contribution in [-0.4, -0.2) is 107 Å². The molecule has 14 atom stereocenters. The minimum absolute atomic E-state index is 0.0359. The van der Waals surface area contributed by atoms with Gasteiger partial charge in [-0.15, -0.1) is 0 Å². The topological polar surface area (TPSA) is 155 Å². The highest BCUT2D eigenvalue weighted by Crippen LogP contribution is 2.48. The van der Waals surface area contributed by atoms with E-state index in [1.807, 2.05) is 19.1 Å². The van der Waals surface area contributed by atoms with E-state index in [-0.39, 0.29) is 30.4 Å². The minimum Gasteiger partial charge on any atom is -0.462 e. The molecule has 0 amide bonds. The molecule has 0 aromatic carbocycles. The summed E-state index contributed by atoms with van der Waals surface area (Å²) in [6.07, 6.45) is 14.4. The zero-order chi connectivity index (χ0) is 39.1. The van der Waals surface area contributed by atoms with E-state index in [2.05, 4.69) is 32.0 Å². The Morgan fingerprint density at radius 3 is 2.55 bits per heavy atom. The van der Waals surface area contributed by atoms with E-state index in [4.69, 9.17) is 33.2 Å². The molecule has 2 aliphatic carbocycles. The number of ether oxygens (including phenoxy) is 7. The third-order valence-electron chi connectivity index (χ3n) is 13.6. The van der Waals surface area contributed by atoms with Crippen molar-refractivity contribution >= 4 is 11.7 Å². The minimum atomic E-state index is -1.83. The summed E-state index contributed by atoms with van der Waals surface area (Å²) in [6, 6.07) is 0. The van der Waals surface area contributed by atoms with E-state index < -0.39 is 66.2 Å². The predicted octanol–water partition coefficient (Wildman–Crippen LogP) is 6.07. The monoisotopic (exact) mass is 769 g/mol. The van der Waals surface area contributed by atoms with Gasteiger partial charge in [-0.3, -0.25) is 4.79 Å². The third kappa shape index (κ3) is 8.17. The molecular formula is C43H63NO11. The SMILES string of the molecule is CO[C@H]1C[C@H](O[C@@H]2/C(C)=C/C[C@@H]3C[C@@H](C[C@]4(CC[C@H](C)[C@@H](C5CCCCC5)O4)O3)OC(=O)[C@@H]3C=C(C)/C(=N\O)[C@H]4OCC(=CC=C[C@@H]2C)[C@]43O)O[C@@H](C)[C@@H]1O. The van der Waals surface area contributed by atoms with E-state index in [0.717, 1.165) is 24.8 Å². The Labute approximate surface area is 325 Å². The van der Waals surface area contributed by atoms with Crippen LogP contribution in [0.4, 0.5) is 0 Å². The normalized spacial score (nSPS) is 46.4. The molecule has 5 heterocycles. The van der Waals surface area contributed by atoms with E-state index in [1.165, 1.54) is 19.3 Å². The number of allylic oxidation sites excluding steroid dienone is 2. The molecule has 1 saturated carbocycles. The number of carbonyl (C=O) groups excluding carboxylic acids is 1. The van der Waals surface area contributed by atoms with Crippen molar-refractivity contribution < 1.29 is 53.4 Å². The maximum absolute atomic E-state index is 14.4. The molecule has 5 aliphatic heterocycles. The molecular weight excluding hydrogens is 706 g/mol. The second kappa shape index (κ2) is 16.8. The van der Waals surface area contributed by atoms with Gasteiger partial charge in [-0.2, -0.15) is 0 Å². The van der Waals surface area contributed by atoms with Crippen LogP contribution in [0, 0.1) is 23.7 Å². The van der Waals surface area contributed by atoms with E-state index >= 15 is 0 Å². The van der Waals surface area contributed by atoms with Crippen LogP contribution in [0.5, 0.6) is 0 Å². The molecule has 0 aromatic rings. The van der Waals surface area contributed by atoms with Crippen molar-refractivity contribution in [1.82, 2.24) is 0 Å². The number of fused-ring (bicyclic) bond motifs is 2. The molecule has 3 N–H and O–H groups in total. The van der Waals surface area contributed by atoms with E-state index in [9.17, 15) is 20.2 Å². The smallest absolute Gasteiger partial charge is 0.316 e. The molecule has 0 radical (unpaired) electrons. The van der Waals surface area contributed by atoms with Crippen LogP contribution >= 0.6 is 0 Å². The molecule has 12 nitrogen and oxygen atoms in total. The summed E-state index contributed by atoms with van der Waals surface area (Å²) in [4.78, 5) is 14.4. The number of oxime groups is 1. The average molecular weight is 770 g/mol. The van der Waals surface area contributed by atoms with Crippen LogP contribution in [0.1, 0.15) is 105 Å². The highest BCUT2D eigenvalue weighted by molar-refractivity contribution is 6.06. The summed E-state index contributed by atoms with van der Waals surface area (Å²) in [6.45, 7) is 10.0. The van der Waals surface area contributed by atoms with Crippen LogP contribution in [0.3, 0.4) is 0 Å². The average Bonchev–Trinajstić information content (AvgIpc) is 3.50. The van der Waals surface area contributed by atoms with Crippen molar-refractivity contribution in [3.8, 4) is 0 Å². The molecule has 7 rings (SSSR count). The Hall–Kier alpha value is -2.42. The number of aliphatic hydroxyl groups is 2. The second-order valence-corrected chi connectivity index (χ2v) is 17.4. The molecule has 5 fully saturated rings. The highest BCUT2D eigenvalue weighted by atomic mass is 16.7. The predicted molar refractivity (Wildman–Crippen MR) is 203 cm³/mol. The fourth-order valence-corrected chi connectivity index (χ4v) is 10.4. The van der Waals surface area contributed by atoms with Crippen LogP contribution in [-0.2, 0) is 38.0 Å². The molecule has 12 heteroatoms. The first-order chi connectivity index (χ1) is 26.4. The van der Waals surface area contributed by atoms with Gasteiger partial charge < -0.3 is 48.6 Å².